The number of H-pyrrole nitrogens is 1. The van der Waals surface area contributed by atoms with Crippen molar-refractivity contribution in [2.24, 2.45) is 0 Å². The van der Waals surface area contributed by atoms with Gasteiger partial charge in [-0.15, -0.1) is 10.2 Å². The normalized spacial score (nSPS) is 13.3. The van der Waals surface area contributed by atoms with Gasteiger partial charge in [0.1, 0.15) is 5.75 Å². The third-order valence-electron chi connectivity index (χ3n) is 5.30. The zero-order valence-corrected chi connectivity index (χ0v) is 18.6. The Kier molecular flexibility index (Phi) is 5.52. The Balaban J connectivity index is 1.18. The molecule has 2 aromatic heterocycles. The zero-order chi connectivity index (χ0) is 21.2. The molecular formula is C22H21N5O2S2. The predicted octanol–water partition coefficient (Wildman–Crippen LogP) is 4.45. The SMILES string of the molecule is COc1ccc(Nc2nnc(SCC(=O)N3CCc4[nH]c5ccccc5c4C3)s2)cc1. The first-order chi connectivity index (χ1) is 15.2. The van der Waals surface area contributed by atoms with Gasteiger partial charge < -0.3 is 19.9 Å². The van der Waals surface area contributed by atoms with E-state index in [9.17, 15) is 4.79 Å². The number of anilines is 2. The van der Waals surface area contributed by atoms with E-state index in [0.29, 0.717) is 17.4 Å². The van der Waals surface area contributed by atoms with Gasteiger partial charge in [-0.25, -0.2) is 0 Å². The van der Waals surface area contributed by atoms with E-state index < -0.39 is 0 Å². The van der Waals surface area contributed by atoms with Gasteiger partial charge in [-0.3, -0.25) is 4.79 Å². The lowest BCUT2D eigenvalue weighted by Crippen LogP contribution is -2.36. The van der Waals surface area contributed by atoms with E-state index in [1.54, 1.807) is 7.11 Å². The first-order valence-electron chi connectivity index (χ1n) is 9.93. The van der Waals surface area contributed by atoms with Crippen molar-refractivity contribution in [3.63, 3.8) is 0 Å². The van der Waals surface area contributed by atoms with E-state index >= 15 is 0 Å². The lowest BCUT2D eigenvalue weighted by atomic mass is 10.0. The molecule has 2 aromatic carbocycles. The largest absolute Gasteiger partial charge is 0.497 e. The minimum Gasteiger partial charge on any atom is -0.497 e. The minimum absolute atomic E-state index is 0.126. The topological polar surface area (TPSA) is 83.1 Å². The Morgan fingerprint density at radius 2 is 2.06 bits per heavy atom. The molecule has 1 aliphatic heterocycles. The molecule has 9 heteroatoms. The van der Waals surface area contributed by atoms with Crippen LogP contribution in [-0.4, -0.2) is 45.4 Å². The summed E-state index contributed by atoms with van der Waals surface area (Å²) in [5.74, 6) is 1.28. The summed E-state index contributed by atoms with van der Waals surface area (Å²) < 4.78 is 5.94. The molecule has 0 spiro atoms. The Hall–Kier alpha value is -3.04. The molecule has 1 amide bonds. The van der Waals surface area contributed by atoms with Crippen LogP contribution in [0.15, 0.2) is 52.9 Å². The predicted molar refractivity (Wildman–Crippen MR) is 124 cm³/mol. The summed E-state index contributed by atoms with van der Waals surface area (Å²) in [5.41, 5.74) is 4.53. The average Bonchev–Trinajstić information content (AvgIpc) is 3.41. The fourth-order valence-corrected chi connectivity index (χ4v) is 5.39. The maximum Gasteiger partial charge on any atom is 0.233 e. The van der Waals surface area contributed by atoms with E-state index in [0.717, 1.165) is 34.3 Å². The number of hydrogen-bond acceptors (Lipinski definition) is 7. The summed E-state index contributed by atoms with van der Waals surface area (Å²) >= 11 is 2.87. The van der Waals surface area contributed by atoms with Crippen molar-refractivity contribution in [1.29, 1.82) is 0 Å². The maximum atomic E-state index is 12.8. The number of benzene rings is 2. The van der Waals surface area contributed by atoms with Crippen LogP contribution >= 0.6 is 23.1 Å². The second-order valence-electron chi connectivity index (χ2n) is 7.21. The van der Waals surface area contributed by atoms with Crippen molar-refractivity contribution in [3.05, 3.63) is 59.8 Å². The highest BCUT2D eigenvalue weighted by Gasteiger charge is 2.24. The number of hydrogen-bond donors (Lipinski definition) is 2. The van der Waals surface area contributed by atoms with E-state index in [2.05, 4.69) is 32.6 Å². The lowest BCUT2D eigenvalue weighted by Gasteiger charge is -2.27. The van der Waals surface area contributed by atoms with Gasteiger partial charge in [-0.2, -0.15) is 0 Å². The highest BCUT2D eigenvalue weighted by atomic mass is 32.2. The summed E-state index contributed by atoms with van der Waals surface area (Å²) in [5, 5.41) is 13.5. The van der Waals surface area contributed by atoms with Crippen LogP contribution in [0.1, 0.15) is 11.3 Å². The van der Waals surface area contributed by atoms with Crippen LogP contribution in [0, 0.1) is 0 Å². The lowest BCUT2D eigenvalue weighted by molar-refractivity contribution is -0.129. The molecule has 31 heavy (non-hydrogen) atoms. The third-order valence-corrected chi connectivity index (χ3v) is 7.26. The number of ether oxygens (including phenoxy) is 1. The fraction of sp³-hybridized carbons (Fsp3) is 0.227. The monoisotopic (exact) mass is 451 g/mol. The van der Waals surface area contributed by atoms with Gasteiger partial charge in [0.15, 0.2) is 4.34 Å². The Bertz CT molecular complexity index is 1220. The Labute approximate surface area is 187 Å². The summed E-state index contributed by atoms with van der Waals surface area (Å²) in [4.78, 5) is 18.2. The van der Waals surface area contributed by atoms with E-state index in [-0.39, 0.29) is 5.91 Å². The van der Waals surface area contributed by atoms with Crippen molar-refractivity contribution in [3.8, 4) is 5.75 Å². The van der Waals surface area contributed by atoms with Crippen LogP contribution in [-0.2, 0) is 17.8 Å². The van der Waals surface area contributed by atoms with E-state index in [4.69, 9.17) is 4.74 Å². The van der Waals surface area contributed by atoms with Gasteiger partial charge in [-0.05, 0) is 30.3 Å². The number of aromatic nitrogens is 3. The number of nitrogens with one attached hydrogen (secondary N) is 2. The Morgan fingerprint density at radius 3 is 2.90 bits per heavy atom. The number of carbonyl (C=O) groups is 1. The Morgan fingerprint density at radius 1 is 1.23 bits per heavy atom. The van der Waals surface area contributed by atoms with Gasteiger partial charge in [0.2, 0.25) is 11.0 Å². The number of aromatic amines is 1. The summed E-state index contributed by atoms with van der Waals surface area (Å²) in [6.07, 6.45) is 0.856. The number of thioether (sulfide) groups is 1. The van der Waals surface area contributed by atoms with Gasteiger partial charge in [0.25, 0.3) is 0 Å². The van der Waals surface area contributed by atoms with Gasteiger partial charge in [0.05, 0.1) is 12.9 Å². The number of nitrogens with zero attached hydrogens (tertiary/aromatic N) is 3. The standard InChI is InChI=1S/C22H21N5O2S2/c1-29-15-8-6-14(7-9-15)23-21-25-26-22(31-21)30-13-20(28)27-11-10-19-17(12-27)16-4-2-3-5-18(16)24-19/h2-9,24H,10-13H2,1H3,(H,23,25). The second kappa shape index (κ2) is 8.60. The average molecular weight is 452 g/mol. The van der Waals surface area contributed by atoms with Crippen LogP contribution in [0.3, 0.4) is 0 Å². The fourth-order valence-electron chi connectivity index (χ4n) is 3.71. The van der Waals surface area contributed by atoms with Crippen molar-refractivity contribution >= 4 is 50.7 Å². The molecule has 7 nitrogen and oxygen atoms in total. The van der Waals surface area contributed by atoms with Gasteiger partial charge >= 0.3 is 0 Å². The molecule has 1 aliphatic rings. The van der Waals surface area contributed by atoms with Crippen LogP contribution < -0.4 is 10.1 Å². The van der Waals surface area contributed by atoms with Crippen LogP contribution in [0.25, 0.3) is 10.9 Å². The molecule has 0 saturated carbocycles. The first kappa shape index (κ1) is 19.9. The molecule has 3 heterocycles. The van der Waals surface area contributed by atoms with Gasteiger partial charge in [-0.1, -0.05) is 41.3 Å². The number of rotatable bonds is 6. The molecular weight excluding hydrogens is 430 g/mol. The molecule has 4 aromatic rings. The maximum absolute atomic E-state index is 12.8. The molecule has 0 radical (unpaired) electrons. The molecule has 0 atom stereocenters. The molecule has 158 valence electrons. The van der Waals surface area contributed by atoms with Crippen molar-refractivity contribution < 1.29 is 9.53 Å². The molecule has 0 saturated heterocycles. The summed E-state index contributed by atoms with van der Waals surface area (Å²) in [7, 11) is 1.64. The highest BCUT2D eigenvalue weighted by Crippen LogP contribution is 2.30. The van der Waals surface area contributed by atoms with Gasteiger partial charge in [0, 0.05) is 47.4 Å². The third kappa shape index (κ3) is 4.24. The second-order valence-corrected chi connectivity index (χ2v) is 9.41. The van der Waals surface area contributed by atoms with Crippen molar-refractivity contribution in [2.75, 3.05) is 24.7 Å². The van der Waals surface area contributed by atoms with Crippen molar-refractivity contribution in [2.45, 2.75) is 17.3 Å². The van der Waals surface area contributed by atoms with Crippen LogP contribution in [0.5, 0.6) is 5.75 Å². The highest BCUT2D eigenvalue weighted by molar-refractivity contribution is 8.01. The number of methoxy groups -OCH3 is 1. The van der Waals surface area contributed by atoms with E-state index in [1.165, 1.54) is 39.7 Å². The molecule has 2 N–H and O–H groups in total. The summed E-state index contributed by atoms with van der Waals surface area (Å²) in [6, 6.07) is 15.9. The number of para-hydroxylation sites is 1. The molecule has 0 fully saturated rings. The molecule has 0 bridgehead atoms. The van der Waals surface area contributed by atoms with Crippen LogP contribution in [0.4, 0.5) is 10.8 Å². The number of carbonyl (C=O) groups excluding carboxylic acids is 1. The van der Waals surface area contributed by atoms with Crippen LogP contribution in [0.2, 0.25) is 0 Å². The number of amides is 1. The molecule has 0 unspecified atom stereocenters. The molecule has 0 aliphatic carbocycles. The van der Waals surface area contributed by atoms with E-state index in [1.807, 2.05) is 41.3 Å². The summed E-state index contributed by atoms with van der Waals surface area (Å²) in [6.45, 7) is 1.39. The van der Waals surface area contributed by atoms with Crippen molar-refractivity contribution in [1.82, 2.24) is 20.1 Å². The quantitative estimate of drug-likeness (QED) is 0.422. The minimum atomic E-state index is 0.126. The number of fused-ring (bicyclic) bond motifs is 3. The smallest absolute Gasteiger partial charge is 0.233 e. The first-order valence-corrected chi connectivity index (χ1v) is 11.7. The molecule has 5 rings (SSSR count). The zero-order valence-electron chi connectivity index (χ0n) is 16.9.